The Hall–Kier alpha value is -2.27. The van der Waals surface area contributed by atoms with Crippen LogP contribution in [0.4, 0.5) is 0 Å². The van der Waals surface area contributed by atoms with Gasteiger partial charge in [-0.25, -0.2) is 4.79 Å². The van der Waals surface area contributed by atoms with E-state index in [4.69, 9.17) is 0 Å². The van der Waals surface area contributed by atoms with E-state index >= 15 is 0 Å². The lowest BCUT2D eigenvalue weighted by Gasteiger charge is -2.17. The molecule has 0 spiro atoms. The first-order chi connectivity index (χ1) is 11.6. The molecule has 1 aliphatic rings. The lowest BCUT2D eigenvalue weighted by atomic mass is 9.93. The summed E-state index contributed by atoms with van der Waals surface area (Å²) in [7, 11) is 0. The highest BCUT2D eigenvalue weighted by atomic mass is 32.2. The van der Waals surface area contributed by atoms with Crippen LogP contribution in [0.3, 0.4) is 0 Å². The molecule has 1 atom stereocenters. The molecule has 2 aromatic rings. The molecule has 0 unspecified atom stereocenters. The summed E-state index contributed by atoms with van der Waals surface area (Å²) in [6.07, 6.45) is 2.08. The molecule has 124 valence electrons. The zero-order valence-electron chi connectivity index (χ0n) is 13.4. The number of carboxylic acid groups (broad SMARTS) is 1. The van der Waals surface area contributed by atoms with Crippen LogP contribution in [0.25, 0.3) is 11.1 Å². The van der Waals surface area contributed by atoms with Crippen molar-refractivity contribution in [2.45, 2.75) is 18.4 Å². The number of aliphatic carboxylic acids is 1. The minimum absolute atomic E-state index is 0.0267. The van der Waals surface area contributed by atoms with Crippen LogP contribution in [-0.4, -0.2) is 35.0 Å². The summed E-state index contributed by atoms with van der Waals surface area (Å²) in [4.78, 5) is 23.7. The largest absolute Gasteiger partial charge is 0.480 e. The molecule has 3 rings (SSSR count). The topological polar surface area (TPSA) is 66.4 Å². The van der Waals surface area contributed by atoms with Gasteiger partial charge in [-0.1, -0.05) is 48.5 Å². The Kier molecular flexibility index (Phi) is 4.90. The summed E-state index contributed by atoms with van der Waals surface area (Å²) in [5.41, 5.74) is 4.57. The molecule has 24 heavy (non-hydrogen) atoms. The number of fused-ring (bicyclic) bond motifs is 3. The Morgan fingerprint density at radius 2 is 1.62 bits per heavy atom. The Bertz CT molecular complexity index is 729. The zero-order chi connectivity index (χ0) is 17.1. The number of hydrogen-bond acceptors (Lipinski definition) is 3. The molecule has 0 bridgehead atoms. The monoisotopic (exact) mass is 341 g/mol. The van der Waals surface area contributed by atoms with Crippen LogP contribution in [0, 0.1) is 0 Å². The molecule has 2 N–H and O–H groups in total. The van der Waals surface area contributed by atoms with Gasteiger partial charge < -0.3 is 10.4 Å². The highest BCUT2D eigenvalue weighted by Gasteiger charge is 2.30. The van der Waals surface area contributed by atoms with E-state index in [1.54, 1.807) is 0 Å². The average Bonchev–Trinajstić information content (AvgIpc) is 2.89. The first-order valence-electron chi connectivity index (χ1n) is 7.81. The van der Waals surface area contributed by atoms with Gasteiger partial charge >= 0.3 is 5.97 Å². The fourth-order valence-corrected chi connectivity index (χ4v) is 3.82. The Morgan fingerprint density at radius 1 is 1.08 bits per heavy atom. The third-order valence-electron chi connectivity index (χ3n) is 4.32. The molecule has 0 fully saturated rings. The summed E-state index contributed by atoms with van der Waals surface area (Å²) in [5.74, 6) is -0.891. The van der Waals surface area contributed by atoms with E-state index in [1.165, 1.54) is 11.8 Å². The van der Waals surface area contributed by atoms with Crippen molar-refractivity contribution in [1.82, 2.24) is 5.32 Å². The molecule has 0 aliphatic heterocycles. The molecule has 1 aliphatic carbocycles. The molecule has 0 saturated heterocycles. The summed E-state index contributed by atoms with van der Waals surface area (Å²) in [6.45, 7) is 0. The molecule has 4 nitrogen and oxygen atoms in total. The van der Waals surface area contributed by atoms with Crippen molar-refractivity contribution < 1.29 is 14.7 Å². The molecular formula is C19H19NO3S. The lowest BCUT2D eigenvalue weighted by molar-refractivity contribution is -0.141. The van der Waals surface area contributed by atoms with Crippen molar-refractivity contribution in [3.8, 4) is 11.1 Å². The molecule has 2 aromatic carbocycles. The first kappa shape index (κ1) is 16.6. The smallest absolute Gasteiger partial charge is 0.327 e. The Morgan fingerprint density at radius 3 is 2.12 bits per heavy atom. The Balaban J connectivity index is 1.82. The van der Waals surface area contributed by atoms with Crippen LogP contribution in [-0.2, 0) is 9.59 Å². The Labute approximate surface area is 145 Å². The van der Waals surface area contributed by atoms with Gasteiger partial charge in [0.05, 0.1) is 0 Å². The second-order valence-corrected chi connectivity index (χ2v) is 6.76. The van der Waals surface area contributed by atoms with Crippen LogP contribution in [0.2, 0.25) is 0 Å². The number of carbonyl (C=O) groups is 2. The molecule has 0 saturated carbocycles. The highest BCUT2D eigenvalue weighted by Crippen LogP contribution is 2.45. The van der Waals surface area contributed by atoms with Crippen LogP contribution in [0.15, 0.2) is 48.5 Å². The molecule has 0 aromatic heterocycles. The van der Waals surface area contributed by atoms with Crippen molar-refractivity contribution in [3.63, 3.8) is 0 Å². The van der Waals surface area contributed by atoms with Gasteiger partial charge in [-0.15, -0.1) is 0 Å². The maximum absolute atomic E-state index is 12.4. The van der Waals surface area contributed by atoms with Gasteiger partial charge in [0, 0.05) is 18.1 Å². The number of thioether (sulfide) groups is 1. The van der Waals surface area contributed by atoms with Crippen molar-refractivity contribution in [1.29, 1.82) is 0 Å². The fourth-order valence-electron chi connectivity index (χ4n) is 3.26. The minimum Gasteiger partial charge on any atom is -0.480 e. The number of rotatable bonds is 6. The highest BCUT2D eigenvalue weighted by molar-refractivity contribution is 7.98. The van der Waals surface area contributed by atoms with Gasteiger partial charge in [0.1, 0.15) is 6.04 Å². The van der Waals surface area contributed by atoms with E-state index in [2.05, 4.69) is 17.4 Å². The van der Waals surface area contributed by atoms with Gasteiger partial charge in [0.15, 0.2) is 0 Å². The first-order valence-corrected chi connectivity index (χ1v) is 9.20. The molecule has 0 radical (unpaired) electrons. The molecular weight excluding hydrogens is 322 g/mol. The molecule has 0 heterocycles. The second kappa shape index (κ2) is 7.09. The summed E-state index contributed by atoms with van der Waals surface area (Å²) in [6, 6.07) is 15.3. The van der Waals surface area contributed by atoms with Gasteiger partial charge in [0.25, 0.3) is 0 Å². The van der Waals surface area contributed by atoms with Gasteiger partial charge in [-0.05, 0) is 28.5 Å². The molecule has 1 amide bonds. The van der Waals surface area contributed by atoms with Crippen LogP contribution in [0.1, 0.15) is 23.5 Å². The van der Waals surface area contributed by atoms with E-state index in [0.717, 1.165) is 22.3 Å². The van der Waals surface area contributed by atoms with Crippen molar-refractivity contribution in [3.05, 3.63) is 59.7 Å². The minimum atomic E-state index is -0.995. The molecule has 5 heteroatoms. The number of amides is 1. The maximum atomic E-state index is 12.4. The van der Waals surface area contributed by atoms with Crippen molar-refractivity contribution in [2.24, 2.45) is 0 Å². The van der Waals surface area contributed by atoms with Gasteiger partial charge in [-0.2, -0.15) is 11.8 Å². The number of hydrogen-bond donors (Lipinski definition) is 2. The van der Waals surface area contributed by atoms with E-state index in [0.29, 0.717) is 5.75 Å². The number of carbonyl (C=O) groups excluding carboxylic acids is 1. The summed E-state index contributed by atoms with van der Waals surface area (Å²) in [5, 5.41) is 11.8. The van der Waals surface area contributed by atoms with Crippen LogP contribution in [0.5, 0.6) is 0 Å². The number of nitrogens with one attached hydrogen (secondary N) is 1. The number of benzene rings is 2. The standard InChI is InChI=1S/C19H19NO3S/c1-24-11-17(19(22)23)20-18(21)10-16-14-8-4-2-6-12(14)13-7-3-5-9-15(13)16/h2-9,16-17H,10-11H2,1H3,(H,20,21)(H,22,23)/t17-/m0/s1. The van der Waals surface area contributed by atoms with Crippen LogP contribution < -0.4 is 5.32 Å². The number of carboxylic acids is 1. The predicted octanol–water partition coefficient (Wildman–Crippen LogP) is 3.12. The third kappa shape index (κ3) is 3.17. The second-order valence-electron chi connectivity index (χ2n) is 5.84. The summed E-state index contributed by atoms with van der Waals surface area (Å²) < 4.78 is 0. The van der Waals surface area contributed by atoms with Crippen molar-refractivity contribution >= 4 is 23.6 Å². The quantitative estimate of drug-likeness (QED) is 0.847. The van der Waals surface area contributed by atoms with Gasteiger partial charge in [0.2, 0.25) is 5.91 Å². The van der Waals surface area contributed by atoms with E-state index < -0.39 is 12.0 Å². The van der Waals surface area contributed by atoms with Gasteiger partial charge in [-0.3, -0.25) is 4.79 Å². The third-order valence-corrected chi connectivity index (χ3v) is 4.99. The SMILES string of the molecule is CSC[C@H](NC(=O)CC1c2ccccc2-c2ccccc21)C(=O)O. The van der Waals surface area contributed by atoms with E-state index in [1.807, 2.05) is 42.7 Å². The summed E-state index contributed by atoms with van der Waals surface area (Å²) >= 11 is 1.40. The maximum Gasteiger partial charge on any atom is 0.327 e. The predicted molar refractivity (Wildman–Crippen MR) is 96.3 cm³/mol. The lowest BCUT2D eigenvalue weighted by Crippen LogP contribution is -2.42. The van der Waals surface area contributed by atoms with Crippen LogP contribution >= 0.6 is 11.8 Å². The van der Waals surface area contributed by atoms with E-state index in [9.17, 15) is 14.7 Å². The normalized spacial score (nSPS) is 13.9. The van der Waals surface area contributed by atoms with Crippen molar-refractivity contribution in [2.75, 3.05) is 12.0 Å². The zero-order valence-corrected chi connectivity index (χ0v) is 14.2. The fraction of sp³-hybridized carbons (Fsp3) is 0.263. The van der Waals surface area contributed by atoms with E-state index in [-0.39, 0.29) is 18.2 Å². The average molecular weight is 341 g/mol.